The van der Waals surface area contributed by atoms with E-state index in [9.17, 15) is 19.5 Å². The number of ketones is 1. The van der Waals surface area contributed by atoms with Crippen LogP contribution in [0.2, 0.25) is 0 Å². The van der Waals surface area contributed by atoms with Crippen LogP contribution in [0.3, 0.4) is 0 Å². The average Bonchev–Trinajstić information content (AvgIpc) is 3.54. The Kier molecular flexibility index (Phi) is 5.55. The summed E-state index contributed by atoms with van der Waals surface area (Å²) < 4.78 is 10.9. The lowest BCUT2D eigenvalue weighted by Crippen LogP contribution is -2.22. The Morgan fingerprint density at radius 1 is 0.943 bits per heavy atom. The average molecular weight is 474 g/mol. The SMILES string of the molecule is CN(C)C(=O)c1ccc(-c2cc(CC(=O)C3(c4ccc5c(c4)OCO5)CC3)ccc2C(=O)O)cc1.[HH]. The molecule has 35 heavy (non-hydrogen) atoms. The van der Waals surface area contributed by atoms with Crippen LogP contribution in [0.1, 0.15) is 46.1 Å². The quantitative estimate of drug-likeness (QED) is 0.540. The van der Waals surface area contributed by atoms with Crippen LogP contribution in [0.4, 0.5) is 0 Å². The third kappa shape index (κ3) is 4.14. The lowest BCUT2D eigenvalue weighted by molar-refractivity contribution is -0.120. The van der Waals surface area contributed by atoms with Crippen LogP contribution < -0.4 is 9.47 Å². The maximum atomic E-state index is 13.4. The summed E-state index contributed by atoms with van der Waals surface area (Å²) in [7, 11) is 3.35. The molecule has 1 heterocycles. The molecule has 1 aliphatic carbocycles. The summed E-state index contributed by atoms with van der Waals surface area (Å²) in [6, 6.07) is 17.5. The van der Waals surface area contributed by atoms with Gasteiger partial charge in [0.15, 0.2) is 11.5 Å². The van der Waals surface area contributed by atoms with Gasteiger partial charge < -0.3 is 19.5 Å². The van der Waals surface area contributed by atoms with Crippen molar-refractivity contribution in [3.8, 4) is 22.6 Å². The van der Waals surface area contributed by atoms with E-state index < -0.39 is 11.4 Å². The first-order valence-electron chi connectivity index (χ1n) is 11.4. The number of nitrogens with zero attached hydrogens (tertiary/aromatic N) is 1. The van der Waals surface area contributed by atoms with Crippen molar-refractivity contribution in [1.82, 2.24) is 4.90 Å². The second-order valence-electron chi connectivity index (χ2n) is 9.21. The fourth-order valence-electron chi connectivity index (χ4n) is 4.58. The van der Waals surface area contributed by atoms with Gasteiger partial charge in [0, 0.05) is 27.5 Å². The molecule has 1 fully saturated rings. The number of carboxylic acid groups (broad SMARTS) is 1. The van der Waals surface area contributed by atoms with E-state index in [-0.39, 0.29) is 31.9 Å². The van der Waals surface area contributed by atoms with E-state index in [4.69, 9.17) is 9.47 Å². The molecule has 1 saturated carbocycles. The van der Waals surface area contributed by atoms with Crippen molar-refractivity contribution in [2.24, 2.45) is 0 Å². The number of hydrogen-bond acceptors (Lipinski definition) is 5. The molecule has 0 saturated heterocycles. The standard InChI is InChI=1S/C28H25NO6.H2/c1-29(2)26(31)19-6-4-18(5-7-19)22-13-17(3-9-21(22)27(32)33)14-25(30)28(11-12-28)20-8-10-23-24(15-20)35-16-34-23;/h3-10,13,15H,11-12,14,16H2,1-2H3,(H,32,33);1H. The molecule has 0 bridgehead atoms. The molecule has 0 atom stereocenters. The highest BCUT2D eigenvalue weighted by molar-refractivity contribution is 5.99. The van der Waals surface area contributed by atoms with Gasteiger partial charge in [0.05, 0.1) is 11.0 Å². The second kappa shape index (κ2) is 8.58. The summed E-state index contributed by atoms with van der Waals surface area (Å²) in [6.07, 6.45) is 1.73. The second-order valence-corrected chi connectivity index (χ2v) is 9.21. The molecule has 1 amide bonds. The normalized spacial score (nSPS) is 14.9. The number of hydrogen-bond donors (Lipinski definition) is 1. The summed E-state index contributed by atoms with van der Waals surface area (Å²) in [4.78, 5) is 39.0. The number of carboxylic acids is 1. The van der Waals surface area contributed by atoms with Crippen molar-refractivity contribution in [3.63, 3.8) is 0 Å². The number of rotatable bonds is 7. The summed E-state index contributed by atoms with van der Waals surface area (Å²) in [5, 5.41) is 9.73. The van der Waals surface area contributed by atoms with Crippen molar-refractivity contribution in [3.05, 3.63) is 82.9 Å². The van der Waals surface area contributed by atoms with E-state index in [1.54, 1.807) is 56.6 Å². The predicted octanol–water partition coefficient (Wildman–Crippen LogP) is 4.57. The van der Waals surface area contributed by atoms with Gasteiger partial charge in [-0.1, -0.05) is 24.3 Å². The molecule has 5 rings (SSSR count). The number of aromatic carboxylic acids is 1. The molecule has 0 aromatic heterocycles. The number of ether oxygens (including phenoxy) is 2. The maximum absolute atomic E-state index is 13.4. The number of Topliss-reactive ketones (excluding diaryl/α,β-unsaturated/α-hetero) is 1. The Morgan fingerprint density at radius 3 is 2.31 bits per heavy atom. The summed E-state index contributed by atoms with van der Waals surface area (Å²) in [5.41, 5.74) is 2.97. The van der Waals surface area contributed by atoms with E-state index in [2.05, 4.69) is 0 Å². The third-order valence-electron chi connectivity index (χ3n) is 6.74. The third-order valence-corrected chi connectivity index (χ3v) is 6.74. The number of benzene rings is 3. The van der Waals surface area contributed by atoms with Gasteiger partial charge in [-0.15, -0.1) is 0 Å². The zero-order valence-corrected chi connectivity index (χ0v) is 19.5. The maximum Gasteiger partial charge on any atom is 0.336 e. The van der Waals surface area contributed by atoms with Crippen molar-refractivity contribution in [1.29, 1.82) is 0 Å². The Hall–Kier alpha value is -4.13. The Bertz CT molecular complexity index is 1340. The minimum absolute atomic E-state index is 0. The van der Waals surface area contributed by atoms with Gasteiger partial charge in [0.2, 0.25) is 6.79 Å². The summed E-state index contributed by atoms with van der Waals surface area (Å²) in [6.45, 7) is 0.183. The highest BCUT2D eigenvalue weighted by atomic mass is 16.7. The minimum atomic E-state index is -1.05. The smallest absolute Gasteiger partial charge is 0.336 e. The van der Waals surface area contributed by atoms with Crippen molar-refractivity contribution < 1.29 is 30.4 Å². The monoisotopic (exact) mass is 473 g/mol. The molecule has 3 aromatic carbocycles. The van der Waals surface area contributed by atoms with Gasteiger partial charge in [-0.2, -0.15) is 0 Å². The van der Waals surface area contributed by atoms with E-state index in [0.717, 1.165) is 24.0 Å². The van der Waals surface area contributed by atoms with Gasteiger partial charge in [-0.25, -0.2) is 4.79 Å². The van der Waals surface area contributed by atoms with Gasteiger partial charge in [-0.3, -0.25) is 9.59 Å². The molecule has 3 aromatic rings. The number of amides is 1. The first-order valence-corrected chi connectivity index (χ1v) is 11.4. The van der Waals surface area contributed by atoms with Crippen LogP contribution >= 0.6 is 0 Å². The van der Waals surface area contributed by atoms with Crippen LogP contribution in [0.25, 0.3) is 11.1 Å². The minimum Gasteiger partial charge on any atom is -0.478 e. The zero-order valence-electron chi connectivity index (χ0n) is 19.5. The molecule has 0 spiro atoms. The van der Waals surface area contributed by atoms with Gasteiger partial charge in [0.1, 0.15) is 5.78 Å². The number of fused-ring (bicyclic) bond motifs is 1. The van der Waals surface area contributed by atoms with Crippen LogP contribution in [0.5, 0.6) is 11.5 Å². The molecule has 7 heteroatoms. The number of carbonyl (C=O) groups excluding carboxylic acids is 2. The first kappa shape index (κ1) is 22.7. The first-order chi connectivity index (χ1) is 16.8. The molecule has 0 radical (unpaired) electrons. The van der Waals surface area contributed by atoms with E-state index in [1.807, 2.05) is 18.2 Å². The molecule has 0 unspecified atom stereocenters. The molecule has 2 aliphatic rings. The van der Waals surface area contributed by atoms with E-state index in [0.29, 0.717) is 28.2 Å². The van der Waals surface area contributed by atoms with Crippen LogP contribution in [0.15, 0.2) is 60.7 Å². The Morgan fingerprint density at radius 2 is 1.66 bits per heavy atom. The number of carbonyl (C=O) groups is 3. The fraction of sp³-hybridized carbons (Fsp3) is 0.250. The lowest BCUT2D eigenvalue weighted by atomic mass is 9.86. The van der Waals surface area contributed by atoms with Crippen LogP contribution in [-0.4, -0.2) is 48.6 Å². The largest absolute Gasteiger partial charge is 0.478 e. The topological polar surface area (TPSA) is 93.1 Å². The van der Waals surface area contributed by atoms with Gasteiger partial charge >= 0.3 is 5.97 Å². The van der Waals surface area contributed by atoms with E-state index in [1.165, 1.54) is 4.90 Å². The van der Waals surface area contributed by atoms with E-state index >= 15 is 0 Å². The summed E-state index contributed by atoms with van der Waals surface area (Å²) >= 11 is 0. The van der Waals surface area contributed by atoms with Crippen LogP contribution in [-0.2, 0) is 16.6 Å². The molecule has 1 N–H and O–H groups in total. The predicted molar refractivity (Wildman–Crippen MR) is 131 cm³/mol. The molecule has 180 valence electrons. The Labute approximate surface area is 204 Å². The summed E-state index contributed by atoms with van der Waals surface area (Å²) in [5.74, 6) is 0.255. The zero-order chi connectivity index (χ0) is 24.7. The lowest BCUT2D eigenvalue weighted by Gasteiger charge is -2.16. The molecule has 1 aliphatic heterocycles. The highest BCUT2D eigenvalue weighted by Gasteiger charge is 2.50. The fourth-order valence-corrected chi connectivity index (χ4v) is 4.58. The molecular formula is C28H27NO6. The van der Waals surface area contributed by atoms with Crippen molar-refractivity contribution in [2.45, 2.75) is 24.7 Å². The van der Waals surface area contributed by atoms with Crippen molar-refractivity contribution >= 4 is 17.7 Å². The Balaban J connectivity index is 0.00000304. The van der Waals surface area contributed by atoms with Crippen molar-refractivity contribution in [2.75, 3.05) is 20.9 Å². The van der Waals surface area contributed by atoms with Crippen LogP contribution in [0, 0.1) is 0 Å². The van der Waals surface area contributed by atoms with Gasteiger partial charge in [-0.05, 0) is 71.5 Å². The van der Waals surface area contributed by atoms with Gasteiger partial charge in [0.25, 0.3) is 5.91 Å². The molecule has 7 nitrogen and oxygen atoms in total. The molecular weight excluding hydrogens is 446 g/mol. The highest BCUT2D eigenvalue weighted by Crippen LogP contribution is 2.51.